The summed E-state index contributed by atoms with van der Waals surface area (Å²) in [6.07, 6.45) is 4.21. The Bertz CT molecular complexity index is 496. The van der Waals surface area contributed by atoms with E-state index in [1.807, 2.05) is 18.2 Å². The molecule has 0 amide bonds. The van der Waals surface area contributed by atoms with E-state index in [9.17, 15) is 5.11 Å². The van der Waals surface area contributed by atoms with Gasteiger partial charge >= 0.3 is 0 Å². The lowest BCUT2D eigenvalue weighted by atomic mass is 10.1. The molecule has 1 unspecified atom stereocenters. The van der Waals surface area contributed by atoms with Crippen molar-refractivity contribution in [3.8, 4) is 5.75 Å². The van der Waals surface area contributed by atoms with Crippen LogP contribution in [0.15, 0.2) is 29.8 Å². The van der Waals surface area contributed by atoms with Crippen LogP contribution >= 0.6 is 0 Å². The predicted molar refractivity (Wildman–Crippen MR) is 84.2 cm³/mol. The SMILES string of the molecule is C=Cc1cccc(OC)c1N=CC(O)NC1CCOCC1. The summed E-state index contributed by atoms with van der Waals surface area (Å²) in [7, 11) is 1.60. The monoisotopic (exact) mass is 290 g/mol. The van der Waals surface area contributed by atoms with Crippen LogP contribution in [-0.4, -0.2) is 43.9 Å². The number of methoxy groups -OCH3 is 1. The molecule has 0 aromatic heterocycles. The van der Waals surface area contributed by atoms with Crippen molar-refractivity contribution in [1.29, 1.82) is 0 Å². The Labute approximate surface area is 125 Å². The Morgan fingerprint density at radius 3 is 2.90 bits per heavy atom. The van der Waals surface area contributed by atoms with Crippen LogP contribution < -0.4 is 10.1 Å². The maximum atomic E-state index is 10.0. The molecule has 0 radical (unpaired) electrons. The highest BCUT2D eigenvalue weighted by molar-refractivity contribution is 5.76. The molecule has 1 atom stereocenters. The van der Waals surface area contributed by atoms with Crippen LogP contribution in [0, 0.1) is 0 Å². The van der Waals surface area contributed by atoms with Crippen molar-refractivity contribution in [2.45, 2.75) is 25.1 Å². The van der Waals surface area contributed by atoms with Gasteiger partial charge in [0.1, 0.15) is 17.7 Å². The molecule has 1 heterocycles. The molecule has 114 valence electrons. The normalized spacial score (nSPS) is 17.8. The average molecular weight is 290 g/mol. The highest BCUT2D eigenvalue weighted by Gasteiger charge is 2.15. The van der Waals surface area contributed by atoms with E-state index >= 15 is 0 Å². The van der Waals surface area contributed by atoms with E-state index in [1.165, 1.54) is 6.21 Å². The number of nitrogens with one attached hydrogen (secondary N) is 1. The summed E-state index contributed by atoms with van der Waals surface area (Å²) in [4.78, 5) is 4.35. The predicted octanol–water partition coefficient (Wildman–Crippen LogP) is 2.13. The quantitative estimate of drug-likeness (QED) is 0.622. The number of ether oxygens (including phenoxy) is 2. The van der Waals surface area contributed by atoms with E-state index in [1.54, 1.807) is 13.2 Å². The first-order chi connectivity index (χ1) is 10.2. The third kappa shape index (κ3) is 4.39. The van der Waals surface area contributed by atoms with Gasteiger partial charge in [0, 0.05) is 31.0 Å². The van der Waals surface area contributed by atoms with Crippen molar-refractivity contribution in [2.24, 2.45) is 4.99 Å². The van der Waals surface area contributed by atoms with Gasteiger partial charge in [-0.2, -0.15) is 0 Å². The molecule has 21 heavy (non-hydrogen) atoms. The number of hydrogen-bond acceptors (Lipinski definition) is 5. The van der Waals surface area contributed by atoms with Crippen molar-refractivity contribution in [3.63, 3.8) is 0 Å². The maximum Gasteiger partial charge on any atom is 0.145 e. The highest BCUT2D eigenvalue weighted by Crippen LogP contribution is 2.31. The van der Waals surface area contributed by atoms with Crippen LogP contribution in [0.5, 0.6) is 5.75 Å². The molecule has 5 nitrogen and oxygen atoms in total. The molecule has 5 heteroatoms. The third-order valence-electron chi connectivity index (χ3n) is 3.44. The third-order valence-corrected chi connectivity index (χ3v) is 3.44. The number of nitrogens with zero attached hydrogens (tertiary/aromatic N) is 1. The molecule has 1 aliphatic rings. The molecule has 0 spiro atoms. The lowest BCUT2D eigenvalue weighted by Crippen LogP contribution is -2.42. The molecular formula is C16H22N2O3. The molecule has 2 rings (SSSR count). The fraction of sp³-hybridized carbons (Fsp3) is 0.438. The van der Waals surface area contributed by atoms with Gasteiger partial charge < -0.3 is 14.6 Å². The minimum Gasteiger partial charge on any atom is -0.494 e. The highest BCUT2D eigenvalue weighted by atomic mass is 16.5. The van der Waals surface area contributed by atoms with Gasteiger partial charge in [-0.25, -0.2) is 0 Å². The topological polar surface area (TPSA) is 63.1 Å². The molecule has 0 aliphatic carbocycles. The first-order valence-corrected chi connectivity index (χ1v) is 7.10. The number of hydrogen-bond donors (Lipinski definition) is 2. The zero-order chi connectivity index (χ0) is 15.1. The van der Waals surface area contributed by atoms with Crippen molar-refractivity contribution in [2.75, 3.05) is 20.3 Å². The molecule has 2 N–H and O–H groups in total. The molecule has 1 saturated heterocycles. The molecule has 1 aromatic carbocycles. The number of rotatable bonds is 6. The molecule has 1 fully saturated rings. The number of benzene rings is 1. The first kappa shape index (κ1) is 15.7. The van der Waals surface area contributed by atoms with Crippen LogP contribution in [-0.2, 0) is 4.74 Å². The minimum absolute atomic E-state index is 0.261. The standard InChI is InChI=1S/C16H22N2O3/c1-3-12-5-4-6-14(20-2)16(12)17-11-15(19)18-13-7-9-21-10-8-13/h3-6,11,13,15,18-19H,1,7-10H2,2H3. The van der Waals surface area contributed by atoms with Gasteiger partial charge in [-0.15, -0.1) is 0 Å². The summed E-state index contributed by atoms with van der Waals surface area (Å²) in [5.41, 5.74) is 1.53. The second kappa shape index (κ2) is 7.93. The lowest BCUT2D eigenvalue weighted by molar-refractivity contribution is 0.0639. The number of aliphatic hydroxyl groups is 1. The fourth-order valence-corrected chi connectivity index (χ4v) is 2.30. The van der Waals surface area contributed by atoms with Crippen molar-refractivity contribution >= 4 is 18.0 Å². The first-order valence-electron chi connectivity index (χ1n) is 7.10. The van der Waals surface area contributed by atoms with Gasteiger partial charge in [-0.3, -0.25) is 10.3 Å². The Hall–Kier alpha value is -1.69. The second-order valence-corrected chi connectivity index (χ2v) is 4.88. The Morgan fingerprint density at radius 1 is 1.48 bits per heavy atom. The molecule has 1 aromatic rings. The van der Waals surface area contributed by atoms with Crippen molar-refractivity contribution in [3.05, 3.63) is 30.3 Å². The largest absolute Gasteiger partial charge is 0.494 e. The zero-order valence-electron chi connectivity index (χ0n) is 12.3. The van der Waals surface area contributed by atoms with E-state index in [-0.39, 0.29) is 6.04 Å². The van der Waals surface area contributed by atoms with Gasteiger partial charge in [0.25, 0.3) is 0 Å². The summed E-state index contributed by atoms with van der Waals surface area (Å²) >= 11 is 0. The Balaban J connectivity index is 2.04. The van der Waals surface area contributed by atoms with Gasteiger partial charge in [0.2, 0.25) is 0 Å². The van der Waals surface area contributed by atoms with Crippen molar-refractivity contribution in [1.82, 2.24) is 5.32 Å². The van der Waals surface area contributed by atoms with Crippen LogP contribution in [0.2, 0.25) is 0 Å². The van der Waals surface area contributed by atoms with Gasteiger partial charge in [0.15, 0.2) is 0 Å². The number of aliphatic imine (C=N–C) groups is 1. The molecular weight excluding hydrogens is 268 g/mol. The van der Waals surface area contributed by atoms with Crippen molar-refractivity contribution < 1.29 is 14.6 Å². The van der Waals surface area contributed by atoms with E-state index in [0.717, 1.165) is 31.6 Å². The summed E-state index contributed by atoms with van der Waals surface area (Å²) in [5.74, 6) is 0.655. The molecule has 0 bridgehead atoms. The van der Waals surface area contributed by atoms with Gasteiger partial charge in [-0.05, 0) is 18.9 Å². The van der Waals surface area contributed by atoms with E-state index < -0.39 is 6.23 Å². The maximum absolute atomic E-state index is 10.0. The van der Waals surface area contributed by atoms with E-state index in [0.29, 0.717) is 11.4 Å². The average Bonchev–Trinajstić information content (AvgIpc) is 2.53. The lowest BCUT2D eigenvalue weighted by Gasteiger charge is -2.24. The summed E-state index contributed by atoms with van der Waals surface area (Å²) in [5, 5.41) is 13.1. The summed E-state index contributed by atoms with van der Waals surface area (Å²) in [6, 6.07) is 5.88. The Morgan fingerprint density at radius 2 is 2.24 bits per heavy atom. The van der Waals surface area contributed by atoms with Crippen LogP contribution in [0.1, 0.15) is 18.4 Å². The molecule has 0 saturated carbocycles. The Kier molecular flexibility index (Phi) is 5.92. The van der Waals surface area contributed by atoms with Crippen LogP contribution in [0.4, 0.5) is 5.69 Å². The van der Waals surface area contributed by atoms with Gasteiger partial charge in [0.05, 0.1) is 7.11 Å². The fourth-order valence-electron chi connectivity index (χ4n) is 2.30. The number of aliphatic hydroxyl groups excluding tert-OH is 1. The second-order valence-electron chi connectivity index (χ2n) is 4.88. The zero-order valence-corrected chi connectivity index (χ0v) is 12.3. The minimum atomic E-state index is -0.796. The van der Waals surface area contributed by atoms with Crippen LogP contribution in [0.3, 0.4) is 0 Å². The van der Waals surface area contributed by atoms with Gasteiger partial charge in [-0.1, -0.05) is 24.8 Å². The van der Waals surface area contributed by atoms with E-state index in [2.05, 4.69) is 16.9 Å². The van der Waals surface area contributed by atoms with E-state index in [4.69, 9.17) is 9.47 Å². The summed E-state index contributed by atoms with van der Waals surface area (Å²) in [6.45, 7) is 5.23. The number of para-hydroxylation sites is 1. The summed E-state index contributed by atoms with van der Waals surface area (Å²) < 4.78 is 10.6. The smallest absolute Gasteiger partial charge is 0.145 e. The molecule has 1 aliphatic heterocycles. The van der Waals surface area contributed by atoms with Crippen LogP contribution in [0.25, 0.3) is 6.08 Å².